The molecule has 1 N–H and O–H groups in total. The van der Waals surface area contributed by atoms with Crippen LogP contribution in [0.4, 0.5) is 0 Å². The highest BCUT2D eigenvalue weighted by atomic mass is 35.5. The third-order valence-corrected chi connectivity index (χ3v) is 3.80. The first kappa shape index (κ1) is 13.9. The first-order chi connectivity index (χ1) is 8.74. The van der Waals surface area contributed by atoms with Crippen molar-refractivity contribution in [2.24, 2.45) is 5.92 Å². The Morgan fingerprint density at radius 3 is 2.61 bits per heavy atom. The van der Waals surface area contributed by atoms with Crippen molar-refractivity contribution >= 4 is 11.6 Å². The van der Waals surface area contributed by atoms with Crippen LogP contribution < -0.4 is 5.32 Å². The Bertz CT molecular complexity index is 346. The quantitative estimate of drug-likeness (QED) is 0.884. The highest BCUT2D eigenvalue weighted by Gasteiger charge is 2.14. The van der Waals surface area contributed by atoms with Gasteiger partial charge in [0.25, 0.3) is 0 Å². The minimum atomic E-state index is 0.508. The summed E-state index contributed by atoms with van der Waals surface area (Å²) in [6.07, 6.45) is 3.45. The summed E-state index contributed by atoms with van der Waals surface area (Å²) < 4.78 is 5.37. The third kappa shape index (κ3) is 4.60. The monoisotopic (exact) mass is 267 g/mol. The number of halogens is 1. The van der Waals surface area contributed by atoms with Gasteiger partial charge in [-0.15, -0.1) is 0 Å². The summed E-state index contributed by atoms with van der Waals surface area (Å²) in [5.41, 5.74) is 1.34. The fourth-order valence-electron chi connectivity index (χ4n) is 2.36. The zero-order valence-corrected chi connectivity index (χ0v) is 11.7. The SMILES string of the molecule is CC(Cc1ccc(Cl)cc1)NCC1CCOCC1. The number of rotatable bonds is 5. The zero-order chi connectivity index (χ0) is 12.8. The molecule has 1 fully saturated rings. The normalized spacial score (nSPS) is 18.8. The summed E-state index contributed by atoms with van der Waals surface area (Å²) in [6.45, 7) is 5.21. The topological polar surface area (TPSA) is 21.3 Å². The highest BCUT2D eigenvalue weighted by molar-refractivity contribution is 6.30. The Morgan fingerprint density at radius 2 is 1.94 bits per heavy atom. The molecular formula is C15H22ClNO. The van der Waals surface area contributed by atoms with Crippen molar-refractivity contribution in [1.82, 2.24) is 5.32 Å². The Hall–Kier alpha value is -0.570. The molecule has 0 spiro atoms. The predicted octanol–water partition coefficient (Wildman–Crippen LogP) is 3.29. The lowest BCUT2D eigenvalue weighted by molar-refractivity contribution is 0.0656. The van der Waals surface area contributed by atoms with Crippen LogP contribution in [0.25, 0.3) is 0 Å². The van der Waals surface area contributed by atoms with Crippen LogP contribution in [0.1, 0.15) is 25.3 Å². The van der Waals surface area contributed by atoms with E-state index in [-0.39, 0.29) is 0 Å². The van der Waals surface area contributed by atoms with Gasteiger partial charge in [0.05, 0.1) is 0 Å². The van der Waals surface area contributed by atoms with Crippen LogP contribution in [0.15, 0.2) is 24.3 Å². The van der Waals surface area contributed by atoms with Crippen LogP contribution in [0.5, 0.6) is 0 Å². The zero-order valence-electron chi connectivity index (χ0n) is 11.0. The van der Waals surface area contributed by atoms with E-state index in [2.05, 4.69) is 24.4 Å². The second-order valence-corrected chi connectivity index (χ2v) is 5.63. The molecular weight excluding hydrogens is 246 g/mol. The summed E-state index contributed by atoms with van der Waals surface area (Å²) >= 11 is 5.88. The first-order valence-electron chi connectivity index (χ1n) is 6.79. The van der Waals surface area contributed by atoms with Crippen LogP contribution in [0.2, 0.25) is 5.02 Å². The van der Waals surface area contributed by atoms with Gasteiger partial charge in [0.15, 0.2) is 0 Å². The molecule has 0 saturated carbocycles. The van der Waals surface area contributed by atoms with Gasteiger partial charge in [0.2, 0.25) is 0 Å². The van der Waals surface area contributed by atoms with Crippen molar-refractivity contribution in [3.63, 3.8) is 0 Å². The van der Waals surface area contributed by atoms with Gasteiger partial charge in [-0.2, -0.15) is 0 Å². The van der Waals surface area contributed by atoms with Gasteiger partial charge in [0.1, 0.15) is 0 Å². The maximum Gasteiger partial charge on any atom is 0.0469 e. The van der Waals surface area contributed by atoms with E-state index < -0.39 is 0 Å². The number of hydrogen-bond donors (Lipinski definition) is 1. The molecule has 18 heavy (non-hydrogen) atoms. The Kier molecular flexibility index (Phi) is 5.48. The lowest BCUT2D eigenvalue weighted by Crippen LogP contribution is -2.34. The van der Waals surface area contributed by atoms with Crippen molar-refractivity contribution in [2.45, 2.75) is 32.2 Å². The van der Waals surface area contributed by atoms with E-state index in [4.69, 9.17) is 16.3 Å². The predicted molar refractivity (Wildman–Crippen MR) is 76.2 cm³/mol. The van der Waals surface area contributed by atoms with Crippen molar-refractivity contribution in [2.75, 3.05) is 19.8 Å². The van der Waals surface area contributed by atoms with Crippen molar-refractivity contribution < 1.29 is 4.74 Å². The third-order valence-electron chi connectivity index (χ3n) is 3.55. The molecule has 0 radical (unpaired) electrons. The molecule has 1 aliphatic heterocycles. The van der Waals surface area contributed by atoms with Crippen LogP contribution >= 0.6 is 11.6 Å². The van der Waals surface area contributed by atoms with Gasteiger partial charge >= 0.3 is 0 Å². The summed E-state index contributed by atoms with van der Waals surface area (Å²) in [6, 6.07) is 8.64. The molecule has 2 rings (SSSR count). The summed E-state index contributed by atoms with van der Waals surface area (Å²) in [5.74, 6) is 0.784. The smallest absolute Gasteiger partial charge is 0.0469 e. The van der Waals surface area contributed by atoms with Crippen LogP contribution in [0.3, 0.4) is 0 Å². The molecule has 1 aromatic rings. The van der Waals surface area contributed by atoms with Crippen molar-refractivity contribution in [3.05, 3.63) is 34.9 Å². The van der Waals surface area contributed by atoms with Gasteiger partial charge in [-0.25, -0.2) is 0 Å². The highest BCUT2D eigenvalue weighted by Crippen LogP contribution is 2.14. The summed E-state index contributed by atoms with van der Waals surface area (Å²) in [5, 5.41) is 4.43. The molecule has 1 unspecified atom stereocenters. The van der Waals surface area contributed by atoms with Gasteiger partial charge in [0, 0.05) is 24.3 Å². The van der Waals surface area contributed by atoms with Crippen LogP contribution in [-0.2, 0) is 11.2 Å². The molecule has 1 aliphatic rings. The largest absolute Gasteiger partial charge is 0.381 e. The van der Waals surface area contributed by atoms with Gasteiger partial charge in [-0.05, 0) is 56.3 Å². The molecule has 0 bridgehead atoms. The van der Waals surface area contributed by atoms with Crippen molar-refractivity contribution in [3.8, 4) is 0 Å². The molecule has 0 aromatic heterocycles. The molecule has 3 heteroatoms. The molecule has 100 valence electrons. The minimum absolute atomic E-state index is 0.508. The van der Waals surface area contributed by atoms with Crippen LogP contribution in [-0.4, -0.2) is 25.8 Å². The molecule has 1 atom stereocenters. The first-order valence-corrected chi connectivity index (χ1v) is 7.17. The fourth-order valence-corrected chi connectivity index (χ4v) is 2.49. The average molecular weight is 268 g/mol. The molecule has 1 heterocycles. The average Bonchev–Trinajstić information content (AvgIpc) is 2.40. The van der Waals surface area contributed by atoms with E-state index in [0.717, 1.165) is 37.1 Å². The van der Waals surface area contributed by atoms with Crippen LogP contribution in [0, 0.1) is 5.92 Å². The standard InChI is InChI=1S/C15H22ClNO/c1-12(10-13-2-4-15(16)5-3-13)17-11-14-6-8-18-9-7-14/h2-5,12,14,17H,6-11H2,1H3. The lowest BCUT2D eigenvalue weighted by Gasteiger charge is -2.24. The molecule has 1 aromatic carbocycles. The second kappa shape index (κ2) is 7.13. The summed E-state index contributed by atoms with van der Waals surface area (Å²) in [4.78, 5) is 0. The fraction of sp³-hybridized carbons (Fsp3) is 0.600. The van der Waals surface area contributed by atoms with E-state index >= 15 is 0 Å². The van der Waals surface area contributed by atoms with E-state index in [1.54, 1.807) is 0 Å². The Balaban J connectivity index is 1.71. The number of hydrogen-bond acceptors (Lipinski definition) is 2. The molecule has 0 aliphatic carbocycles. The second-order valence-electron chi connectivity index (χ2n) is 5.20. The maximum absolute atomic E-state index is 5.88. The van der Waals surface area contributed by atoms with E-state index in [9.17, 15) is 0 Å². The number of benzene rings is 1. The van der Waals surface area contributed by atoms with Crippen molar-refractivity contribution in [1.29, 1.82) is 0 Å². The molecule has 2 nitrogen and oxygen atoms in total. The lowest BCUT2D eigenvalue weighted by atomic mass is 9.99. The van der Waals surface area contributed by atoms with E-state index in [1.807, 2.05) is 12.1 Å². The number of nitrogens with one attached hydrogen (secondary N) is 1. The van der Waals surface area contributed by atoms with E-state index in [0.29, 0.717) is 6.04 Å². The number of ether oxygens (including phenoxy) is 1. The molecule has 0 amide bonds. The Labute approximate surface area is 115 Å². The van der Waals surface area contributed by atoms with Gasteiger partial charge < -0.3 is 10.1 Å². The Morgan fingerprint density at radius 1 is 1.28 bits per heavy atom. The van der Waals surface area contributed by atoms with Gasteiger partial charge in [-0.1, -0.05) is 23.7 Å². The van der Waals surface area contributed by atoms with E-state index in [1.165, 1.54) is 18.4 Å². The molecule has 1 saturated heterocycles. The van der Waals surface area contributed by atoms with Gasteiger partial charge in [-0.3, -0.25) is 0 Å². The maximum atomic E-state index is 5.88. The minimum Gasteiger partial charge on any atom is -0.381 e. The summed E-state index contributed by atoms with van der Waals surface area (Å²) in [7, 11) is 0.